The summed E-state index contributed by atoms with van der Waals surface area (Å²) in [5.74, 6) is 1.82. The summed E-state index contributed by atoms with van der Waals surface area (Å²) in [6.07, 6.45) is 6.79. The first kappa shape index (κ1) is 17.0. The molecule has 7 heteroatoms. The Morgan fingerprint density at radius 2 is 1.77 bits per heavy atom. The molecule has 3 heterocycles. The van der Waals surface area contributed by atoms with Gasteiger partial charge in [0.05, 0.1) is 22.9 Å². The third-order valence-electron chi connectivity index (χ3n) is 5.84. The Balaban J connectivity index is 1.53. The summed E-state index contributed by atoms with van der Waals surface area (Å²) < 4.78 is 1.86. The van der Waals surface area contributed by atoms with E-state index in [1.54, 1.807) is 0 Å². The Labute approximate surface area is 172 Å². The lowest BCUT2D eigenvalue weighted by Crippen LogP contribution is -2.14. The van der Waals surface area contributed by atoms with Crippen LogP contribution in [0.3, 0.4) is 0 Å². The molecular weight excluding hydrogens is 374 g/mol. The van der Waals surface area contributed by atoms with Gasteiger partial charge in [-0.25, -0.2) is 19.5 Å². The lowest BCUT2D eigenvalue weighted by atomic mass is 9.85. The maximum absolute atomic E-state index is 6.24. The highest BCUT2D eigenvalue weighted by molar-refractivity contribution is 5.89. The zero-order valence-electron chi connectivity index (χ0n) is 16.2. The molecule has 7 nitrogen and oxygen atoms in total. The molecule has 5 aromatic rings. The van der Waals surface area contributed by atoms with Crippen LogP contribution in [-0.4, -0.2) is 29.5 Å². The molecule has 1 saturated carbocycles. The van der Waals surface area contributed by atoms with Gasteiger partial charge in [0.25, 0.3) is 0 Å². The number of aromatic nitrogens is 6. The Kier molecular flexibility index (Phi) is 3.74. The fourth-order valence-electron chi connectivity index (χ4n) is 4.02. The number of nitrogens with two attached hydrogens (primary N) is 1. The molecule has 146 valence electrons. The van der Waals surface area contributed by atoms with E-state index < -0.39 is 0 Å². The first-order chi connectivity index (χ1) is 14.8. The standard InChI is InChI=1S/C23H19N7/c24-22-21-20(29-23(15-7-4-8-15)30(21)27-13-26-22)16-9-10-17-18(11-16)28-19(12-25-17)14-5-2-1-3-6-14/h1-3,5-6,9-13,15H,4,7-8H2,(H2,24,26,27). The predicted molar refractivity (Wildman–Crippen MR) is 116 cm³/mol. The van der Waals surface area contributed by atoms with Gasteiger partial charge in [0.1, 0.15) is 23.4 Å². The normalized spacial score (nSPS) is 14.3. The maximum atomic E-state index is 6.24. The number of rotatable bonds is 3. The highest BCUT2D eigenvalue weighted by atomic mass is 15.3. The molecule has 1 aliphatic rings. The van der Waals surface area contributed by atoms with Crippen molar-refractivity contribution in [2.45, 2.75) is 25.2 Å². The fraction of sp³-hybridized carbons (Fsp3) is 0.174. The molecule has 1 fully saturated rings. The van der Waals surface area contributed by atoms with Crippen LogP contribution < -0.4 is 5.73 Å². The molecule has 0 atom stereocenters. The number of hydrogen-bond donors (Lipinski definition) is 1. The summed E-state index contributed by atoms with van der Waals surface area (Å²) in [5, 5.41) is 4.44. The molecule has 0 saturated heterocycles. The van der Waals surface area contributed by atoms with Crippen molar-refractivity contribution in [1.82, 2.24) is 29.5 Å². The van der Waals surface area contributed by atoms with E-state index in [0.29, 0.717) is 11.7 Å². The van der Waals surface area contributed by atoms with E-state index in [0.717, 1.165) is 57.7 Å². The van der Waals surface area contributed by atoms with E-state index in [4.69, 9.17) is 15.7 Å². The van der Waals surface area contributed by atoms with Gasteiger partial charge < -0.3 is 5.73 Å². The van der Waals surface area contributed by atoms with Crippen molar-refractivity contribution in [1.29, 1.82) is 0 Å². The highest BCUT2D eigenvalue weighted by Crippen LogP contribution is 2.39. The minimum atomic E-state index is 0.422. The Morgan fingerprint density at radius 1 is 0.900 bits per heavy atom. The molecule has 0 aliphatic heterocycles. The van der Waals surface area contributed by atoms with Gasteiger partial charge in [-0.2, -0.15) is 5.10 Å². The van der Waals surface area contributed by atoms with Gasteiger partial charge in [-0.1, -0.05) is 42.8 Å². The molecule has 6 rings (SSSR count). The summed E-state index contributed by atoms with van der Waals surface area (Å²) in [7, 11) is 0. The van der Waals surface area contributed by atoms with Crippen LogP contribution in [0.15, 0.2) is 61.1 Å². The van der Waals surface area contributed by atoms with E-state index in [1.807, 2.05) is 59.2 Å². The minimum absolute atomic E-state index is 0.422. The van der Waals surface area contributed by atoms with Crippen LogP contribution in [0.2, 0.25) is 0 Å². The van der Waals surface area contributed by atoms with Gasteiger partial charge in [0, 0.05) is 17.0 Å². The van der Waals surface area contributed by atoms with Gasteiger partial charge >= 0.3 is 0 Å². The van der Waals surface area contributed by atoms with Crippen LogP contribution in [0, 0.1) is 0 Å². The van der Waals surface area contributed by atoms with E-state index in [2.05, 4.69) is 15.1 Å². The average Bonchev–Trinajstić information content (AvgIpc) is 3.13. The Hall–Kier alpha value is -3.87. The van der Waals surface area contributed by atoms with Crippen molar-refractivity contribution in [2.75, 3.05) is 5.73 Å². The van der Waals surface area contributed by atoms with Crippen molar-refractivity contribution in [3.05, 3.63) is 66.9 Å². The van der Waals surface area contributed by atoms with Crippen LogP contribution in [0.25, 0.3) is 39.1 Å². The van der Waals surface area contributed by atoms with Crippen LogP contribution in [0.5, 0.6) is 0 Å². The Morgan fingerprint density at radius 3 is 2.57 bits per heavy atom. The maximum Gasteiger partial charge on any atom is 0.153 e. The molecular formula is C23H19N7. The van der Waals surface area contributed by atoms with Gasteiger partial charge in [-0.05, 0) is 25.0 Å². The summed E-state index contributed by atoms with van der Waals surface area (Å²) in [6, 6.07) is 16.1. The lowest BCUT2D eigenvalue weighted by Gasteiger charge is -2.23. The molecule has 1 aliphatic carbocycles. The molecule has 0 unspecified atom stereocenters. The molecule has 0 amide bonds. The number of anilines is 1. The van der Waals surface area contributed by atoms with Crippen LogP contribution in [0.1, 0.15) is 31.0 Å². The van der Waals surface area contributed by atoms with Gasteiger partial charge in [0.2, 0.25) is 0 Å². The van der Waals surface area contributed by atoms with Crippen molar-refractivity contribution >= 4 is 22.4 Å². The van der Waals surface area contributed by atoms with Crippen LogP contribution in [-0.2, 0) is 0 Å². The Bertz CT molecular complexity index is 1390. The minimum Gasteiger partial charge on any atom is -0.382 e. The zero-order valence-corrected chi connectivity index (χ0v) is 16.2. The smallest absolute Gasteiger partial charge is 0.153 e. The highest BCUT2D eigenvalue weighted by Gasteiger charge is 2.27. The second kappa shape index (κ2) is 6.59. The zero-order chi connectivity index (χ0) is 20.1. The molecule has 30 heavy (non-hydrogen) atoms. The van der Waals surface area contributed by atoms with Crippen LogP contribution in [0.4, 0.5) is 5.82 Å². The molecule has 2 aromatic carbocycles. The SMILES string of the molecule is Nc1ncnn2c(C3CCC3)nc(-c3ccc4ncc(-c5ccccc5)nc4c3)c12. The molecule has 0 radical (unpaired) electrons. The predicted octanol–water partition coefficient (Wildman–Crippen LogP) is 4.25. The molecule has 0 spiro atoms. The number of fused-ring (bicyclic) bond motifs is 2. The number of nitrogen functional groups attached to an aromatic ring is 1. The molecule has 2 N–H and O–H groups in total. The number of hydrogen-bond acceptors (Lipinski definition) is 6. The van der Waals surface area contributed by atoms with E-state index in [9.17, 15) is 0 Å². The monoisotopic (exact) mass is 393 g/mol. The second-order valence-corrected chi connectivity index (χ2v) is 7.68. The van der Waals surface area contributed by atoms with E-state index in [1.165, 1.54) is 12.7 Å². The summed E-state index contributed by atoms with van der Waals surface area (Å²) in [5.41, 5.74) is 12.3. The lowest BCUT2D eigenvalue weighted by molar-refractivity contribution is 0.396. The first-order valence-corrected chi connectivity index (χ1v) is 10.1. The third kappa shape index (κ3) is 2.62. The second-order valence-electron chi connectivity index (χ2n) is 7.68. The first-order valence-electron chi connectivity index (χ1n) is 10.1. The van der Waals surface area contributed by atoms with Crippen molar-refractivity contribution < 1.29 is 0 Å². The third-order valence-corrected chi connectivity index (χ3v) is 5.84. The number of nitrogens with zero attached hydrogens (tertiary/aromatic N) is 6. The van der Waals surface area contributed by atoms with E-state index >= 15 is 0 Å². The van der Waals surface area contributed by atoms with Crippen molar-refractivity contribution in [3.8, 4) is 22.5 Å². The van der Waals surface area contributed by atoms with Gasteiger partial charge in [0.15, 0.2) is 5.82 Å². The van der Waals surface area contributed by atoms with Crippen molar-refractivity contribution in [3.63, 3.8) is 0 Å². The van der Waals surface area contributed by atoms with Crippen molar-refractivity contribution in [2.24, 2.45) is 0 Å². The number of imidazole rings is 1. The number of benzene rings is 2. The van der Waals surface area contributed by atoms with Crippen LogP contribution >= 0.6 is 0 Å². The topological polar surface area (TPSA) is 94.9 Å². The van der Waals surface area contributed by atoms with Gasteiger partial charge in [-0.3, -0.25) is 4.98 Å². The average molecular weight is 393 g/mol. The quantitative estimate of drug-likeness (QED) is 0.492. The largest absolute Gasteiger partial charge is 0.382 e. The molecule has 0 bridgehead atoms. The molecule has 3 aromatic heterocycles. The summed E-state index contributed by atoms with van der Waals surface area (Å²) in [6.45, 7) is 0. The fourth-order valence-corrected chi connectivity index (χ4v) is 4.02. The summed E-state index contributed by atoms with van der Waals surface area (Å²) >= 11 is 0. The van der Waals surface area contributed by atoms with E-state index in [-0.39, 0.29) is 0 Å². The van der Waals surface area contributed by atoms with Gasteiger partial charge in [-0.15, -0.1) is 0 Å². The summed E-state index contributed by atoms with van der Waals surface area (Å²) in [4.78, 5) is 18.6.